The molecule has 0 bridgehead atoms. The Morgan fingerprint density at radius 3 is 2.58 bits per heavy atom. The Labute approximate surface area is 209 Å². The van der Waals surface area contributed by atoms with Gasteiger partial charge in [-0.2, -0.15) is 0 Å². The second-order valence-corrected chi connectivity index (χ2v) is 10.1. The zero-order valence-electron chi connectivity index (χ0n) is 20.9. The maximum absolute atomic E-state index is 12.3. The molecule has 36 heavy (non-hydrogen) atoms. The zero-order chi connectivity index (χ0) is 26.0. The summed E-state index contributed by atoms with van der Waals surface area (Å²) in [6, 6.07) is 7.49. The maximum atomic E-state index is 12.3. The quantitative estimate of drug-likeness (QED) is 0.321. The molecule has 3 aromatic rings. The van der Waals surface area contributed by atoms with E-state index in [-0.39, 0.29) is 17.3 Å². The highest BCUT2D eigenvalue weighted by molar-refractivity contribution is 5.89. The molecule has 0 spiro atoms. The number of amides is 2. The first kappa shape index (κ1) is 25.8. The Kier molecular flexibility index (Phi) is 7.41. The highest BCUT2D eigenvalue weighted by Crippen LogP contribution is 2.32. The average Bonchev–Trinajstić information content (AvgIpc) is 3.36. The van der Waals surface area contributed by atoms with Crippen LogP contribution >= 0.6 is 0 Å². The standard InChI is InChI=1S/C24H34N8O4/c1-24(2,3)14-5-7-15(8-6-14)30-23(35)26-9-10-31(4)11-16-18(33)19(34)22(36-16)32-13-29-17-20(25)27-12-28-21(17)32/h5-8,12-13,16,18-19,22,33-34H,9-11H2,1-4H3,(H2,25,27,28)(H2,26,30,35). The van der Waals surface area contributed by atoms with E-state index in [1.54, 1.807) is 4.57 Å². The number of carbonyl (C=O) groups is 1. The fourth-order valence-corrected chi connectivity index (χ4v) is 4.15. The molecule has 2 aromatic heterocycles. The summed E-state index contributed by atoms with van der Waals surface area (Å²) in [7, 11) is 1.85. The highest BCUT2D eigenvalue weighted by Gasteiger charge is 2.44. The number of benzene rings is 1. The van der Waals surface area contributed by atoms with Crippen molar-refractivity contribution in [1.29, 1.82) is 0 Å². The SMILES string of the molecule is CN(CCNC(=O)Nc1ccc(C(C)(C)C)cc1)CC1OC(n2cnc3c(N)ncnc32)C(O)C1O. The smallest absolute Gasteiger partial charge is 0.319 e. The molecule has 194 valence electrons. The molecule has 0 aliphatic carbocycles. The van der Waals surface area contributed by atoms with Gasteiger partial charge in [0.25, 0.3) is 0 Å². The average molecular weight is 499 g/mol. The Bertz CT molecular complexity index is 1190. The fraction of sp³-hybridized carbons (Fsp3) is 0.500. The van der Waals surface area contributed by atoms with Crippen molar-refractivity contribution in [3.8, 4) is 0 Å². The molecule has 1 saturated heterocycles. The number of likely N-dealkylation sites (N-methyl/N-ethyl adjacent to an activating group) is 1. The number of carbonyl (C=O) groups excluding carboxylic acids is 1. The Balaban J connectivity index is 1.25. The molecule has 1 aliphatic heterocycles. The lowest BCUT2D eigenvalue weighted by Crippen LogP contribution is -2.41. The van der Waals surface area contributed by atoms with Gasteiger partial charge in [-0.05, 0) is 30.2 Å². The summed E-state index contributed by atoms with van der Waals surface area (Å²) in [6.07, 6.45) is -1.04. The number of rotatable bonds is 7. The van der Waals surface area contributed by atoms with Gasteiger partial charge in [0, 0.05) is 25.3 Å². The van der Waals surface area contributed by atoms with E-state index >= 15 is 0 Å². The van der Waals surface area contributed by atoms with E-state index in [2.05, 4.69) is 46.4 Å². The van der Waals surface area contributed by atoms with Crippen LogP contribution in [-0.4, -0.2) is 85.7 Å². The van der Waals surface area contributed by atoms with Crippen LogP contribution in [0.5, 0.6) is 0 Å². The first-order valence-electron chi connectivity index (χ1n) is 11.8. The Hall–Kier alpha value is -3.32. The molecule has 1 fully saturated rings. The zero-order valence-corrected chi connectivity index (χ0v) is 20.9. The summed E-state index contributed by atoms with van der Waals surface area (Å²) in [6.45, 7) is 7.66. The van der Waals surface area contributed by atoms with E-state index in [0.717, 1.165) is 5.69 Å². The fourth-order valence-electron chi connectivity index (χ4n) is 4.15. The summed E-state index contributed by atoms with van der Waals surface area (Å²) in [4.78, 5) is 26.4. The Morgan fingerprint density at radius 2 is 1.89 bits per heavy atom. The molecular weight excluding hydrogens is 464 g/mol. The molecular formula is C24H34N8O4. The molecule has 1 aromatic carbocycles. The van der Waals surface area contributed by atoms with Gasteiger partial charge in [-0.1, -0.05) is 32.9 Å². The number of nitrogen functional groups attached to an aromatic ring is 1. The first-order chi connectivity index (χ1) is 17.0. The number of aliphatic hydroxyl groups is 2. The normalized spacial score (nSPS) is 22.3. The highest BCUT2D eigenvalue weighted by atomic mass is 16.6. The molecule has 12 nitrogen and oxygen atoms in total. The lowest BCUT2D eigenvalue weighted by atomic mass is 9.87. The predicted molar refractivity (Wildman–Crippen MR) is 135 cm³/mol. The number of nitrogens with zero attached hydrogens (tertiary/aromatic N) is 5. The van der Waals surface area contributed by atoms with Gasteiger partial charge in [0.15, 0.2) is 17.7 Å². The largest absolute Gasteiger partial charge is 0.387 e. The molecule has 12 heteroatoms. The lowest BCUT2D eigenvalue weighted by molar-refractivity contribution is -0.0420. The van der Waals surface area contributed by atoms with Crippen LogP contribution < -0.4 is 16.4 Å². The molecule has 4 atom stereocenters. The summed E-state index contributed by atoms with van der Waals surface area (Å²) < 4.78 is 7.51. The first-order valence-corrected chi connectivity index (χ1v) is 11.8. The van der Waals surface area contributed by atoms with Crippen molar-refractivity contribution < 1.29 is 19.7 Å². The van der Waals surface area contributed by atoms with Crippen molar-refractivity contribution in [2.24, 2.45) is 0 Å². The topological polar surface area (TPSA) is 164 Å². The lowest BCUT2D eigenvalue weighted by Gasteiger charge is -2.23. The third kappa shape index (κ3) is 5.57. The van der Waals surface area contributed by atoms with Crippen LogP contribution in [0, 0.1) is 0 Å². The van der Waals surface area contributed by atoms with Crippen molar-refractivity contribution in [2.45, 2.75) is 50.7 Å². The molecule has 3 heterocycles. The number of hydrogen-bond acceptors (Lipinski definition) is 9. The van der Waals surface area contributed by atoms with Gasteiger partial charge < -0.3 is 36.2 Å². The number of aromatic nitrogens is 4. The minimum atomic E-state index is -1.18. The van der Waals surface area contributed by atoms with Gasteiger partial charge in [-0.3, -0.25) is 4.57 Å². The predicted octanol–water partition coefficient (Wildman–Crippen LogP) is 1.08. The monoisotopic (exact) mass is 498 g/mol. The van der Waals surface area contributed by atoms with Gasteiger partial charge in [0.05, 0.1) is 6.33 Å². The van der Waals surface area contributed by atoms with Gasteiger partial charge in [0.2, 0.25) is 0 Å². The summed E-state index contributed by atoms with van der Waals surface area (Å²) in [5.74, 6) is 0.224. The maximum Gasteiger partial charge on any atom is 0.319 e. The minimum Gasteiger partial charge on any atom is -0.387 e. The third-order valence-electron chi connectivity index (χ3n) is 6.28. The number of nitrogens with one attached hydrogen (secondary N) is 2. The molecule has 4 unspecified atom stereocenters. The minimum absolute atomic E-state index is 0.0486. The number of urea groups is 1. The molecule has 4 rings (SSSR count). The van der Waals surface area contributed by atoms with Crippen molar-refractivity contribution in [1.82, 2.24) is 29.7 Å². The van der Waals surface area contributed by atoms with Crippen molar-refractivity contribution >= 4 is 28.7 Å². The molecule has 6 N–H and O–H groups in total. The van der Waals surface area contributed by atoms with E-state index in [1.807, 2.05) is 36.2 Å². The number of nitrogens with two attached hydrogens (primary N) is 1. The van der Waals surface area contributed by atoms with Crippen molar-refractivity contribution in [3.63, 3.8) is 0 Å². The Morgan fingerprint density at radius 1 is 1.17 bits per heavy atom. The number of imidazole rings is 1. The van der Waals surface area contributed by atoms with Crippen LogP contribution in [0.4, 0.5) is 16.3 Å². The van der Waals surface area contributed by atoms with E-state index in [9.17, 15) is 15.0 Å². The van der Waals surface area contributed by atoms with E-state index in [0.29, 0.717) is 30.8 Å². The molecule has 0 saturated carbocycles. The number of fused-ring (bicyclic) bond motifs is 1. The summed E-state index contributed by atoms with van der Waals surface area (Å²) in [5.41, 5.74) is 8.61. The van der Waals surface area contributed by atoms with Gasteiger partial charge in [0.1, 0.15) is 30.2 Å². The van der Waals surface area contributed by atoms with Gasteiger partial charge in [-0.15, -0.1) is 0 Å². The van der Waals surface area contributed by atoms with Crippen LogP contribution in [0.3, 0.4) is 0 Å². The second kappa shape index (κ2) is 10.3. The number of ether oxygens (including phenoxy) is 1. The van der Waals surface area contributed by atoms with Crippen molar-refractivity contribution in [3.05, 3.63) is 42.5 Å². The van der Waals surface area contributed by atoms with E-state index in [4.69, 9.17) is 10.5 Å². The second-order valence-electron chi connectivity index (χ2n) is 10.1. The number of aliphatic hydroxyl groups excluding tert-OH is 2. The molecule has 2 amide bonds. The van der Waals surface area contributed by atoms with Crippen LogP contribution in [0.2, 0.25) is 0 Å². The van der Waals surface area contributed by atoms with Gasteiger partial charge in [-0.25, -0.2) is 19.7 Å². The van der Waals surface area contributed by atoms with Crippen molar-refractivity contribution in [2.75, 3.05) is 37.7 Å². The van der Waals surface area contributed by atoms with Gasteiger partial charge >= 0.3 is 6.03 Å². The third-order valence-corrected chi connectivity index (χ3v) is 6.28. The van der Waals surface area contributed by atoms with Crippen LogP contribution in [0.15, 0.2) is 36.9 Å². The van der Waals surface area contributed by atoms with Crippen LogP contribution in [-0.2, 0) is 10.2 Å². The summed E-state index contributed by atoms with van der Waals surface area (Å²) in [5, 5.41) is 26.8. The number of hydrogen-bond donors (Lipinski definition) is 5. The summed E-state index contributed by atoms with van der Waals surface area (Å²) >= 11 is 0. The number of anilines is 2. The van der Waals surface area contributed by atoms with E-state index < -0.39 is 24.5 Å². The molecule has 1 aliphatic rings. The molecule has 0 radical (unpaired) electrons. The van der Waals surface area contributed by atoms with E-state index in [1.165, 1.54) is 18.2 Å². The van der Waals surface area contributed by atoms with Crippen LogP contribution in [0.25, 0.3) is 11.2 Å². The van der Waals surface area contributed by atoms with Crippen LogP contribution in [0.1, 0.15) is 32.6 Å².